The average molecular weight is 342 g/mol. The largest absolute Gasteiger partial charge is 0.481 e. The Bertz CT molecular complexity index is 523. The number of hydrogen-bond acceptors (Lipinski definition) is 3. The molecule has 6 heteroatoms. The van der Waals surface area contributed by atoms with E-state index in [1.165, 1.54) is 6.08 Å². The number of carbonyl (C=O) groups is 2. The van der Waals surface area contributed by atoms with Crippen molar-refractivity contribution in [2.24, 2.45) is 5.92 Å². The maximum absolute atomic E-state index is 12.0. The van der Waals surface area contributed by atoms with Gasteiger partial charge in [-0.1, -0.05) is 0 Å². The van der Waals surface area contributed by atoms with Crippen molar-refractivity contribution in [3.8, 4) is 0 Å². The summed E-state index contributed by atoms with van der Waals surface area (Å²) in [5.41, 5.74) is 0. The predicted octanol–water partition coefficient (Wildman–Crippen LogP) is 2.77. The standard InChI is InChI=1S/C14H16BrNO4/c15-12-4-2-11(20-12)3-5-13(17)16-8-7-10(9-16)1-6-14(18)19/h2-5,10H,1,6-9H2,(H,18,19)/b5-3+. The van der Waals surface area contributed by atoms with Gasteiger partial charge in [0.1, 0.15) is 5.76 Å². The smallest absolute Gasteiger partial charge is 0.303 e. The molecule has 1 N–H and O–H groups in total. The highest BCUT2D eigenvalue weighted by atomic mass is 79.9. The van der Waals surface area contributed by atoms with Gasteiger partial charge in [0, 0.05) is 25.6 Å². The van der Waals surface area contributed by atoms with E-state index in [0.717, 1.165) is 6.42 Å². The third-order valence-electron chi connectivity index (χ3n) is 3.35. The van der Waals surface area contributed by atoms with Crippen LogP contribution in [0.15, 0.2) is 27.3 Å². The number of nitrogens with zero attached hydrogens (tertiary/aromatic N) is 1. The van der Waals surface area contributed by atoms with E-state index in [9.17, 15) is 9.59 Å². The molecule has 0 saturated carbocycles. The molecule has 0 spiro atoms. The third kappa shape index (κ3) is 4.23. The maximum Gasteiger partial charge on any atom is 0.303 e. The summed E-state index contributed by atoms with van der Waals surface area (Å²) in [5, 5.41) is 8.66. The molecule has 0 aliphatic carbocycles. The quantitative estimate of drug-likeness (QED) is 0.836. The van der Waals surface area contributed by atoms with E-state index in [4.69, 9.17) is 9.52 Å². The molecule has 1 unspecified atom stereocenters. The van der Waals surface area contributed by atoms with Crippen LogP contribution < -0.4 is 0 Å². The number of hydrogen-bond donors (Lipinski definition) is 1. The van der Waals surface area contributed by atoms with Gasteiger partial charge < -0.3 is 14.4 Å². The molecule has 0 radical (unpaired) electrons. The molecule has 1 atom stereocenters. The van der Waals surface area contributed by atoms with Crippen molar-refractivity contribution in [2.45, 2.75) is 19.3 Å². The molecular weight excluding hydrogens is 326 g/mol. The second kappa shape index (κ2) is 6.74. The van der Waals surface area contributed by atoms with Crippen LogP contribution in [0.25, 0.3) is 6.08 Å². The number of carboxylic acids is 1. The van der Waals surface area contributed by atoms with E-state index in [1.807, 2.05) is 0 Å². The topological polar surface area (TPSA) is 70.8 Å². The van der Waals surface area contributed by atoms with Crippen molar-refractivity contribution in [3.63, 3.8) is 0 Å². The van der Waals surface area contributed by atoms with Crippen molar-refractivity contribution in [1.29, 1.82) is 0 Å². The fraction of sp³-hybridized carbons (Fsp3) is 0.429. The maximum atomic E-state index is 12.0. The molecule has 20 heavy (non-hydrogen) atoms. The number of carbonyl (C=O) groups excluding carboxylic acids is 1. The summed E-state index contributed by atoms with van der Waals surface area (Å²) in [7, 11) is 0. The Kier molecular flexibility index (Phi) is 5.00. The molecule has 1 fully saturated rings. The molecule has 1 aromatic heterocycles. The predicted molar refractivity (Wildman–Crippen MR) is 77.0 cm³/mol. The highest BCUT2D eigenvalue weighted by Crippen LogP contribution is 2.21. The summed E-state index contributed by atoms with van der Waals surface area (Å²) in [5.74, 6) is 0.0708. The fourth-order valence-electron chi connectivity index (χ4n) is 2.27. The first-order valence-electron chi connectivity index (χ1n) is 6.48. The highest BCUT2D eigenvalue weighted by molar-refractivity contribution is 9.10. The molecule has 108 valence electrons. The van der Waals surface area contributed by atoms with Crippen LogP contribution in [-0.4, -0.2) is 35.0 Å². The minimum Gasteiger partial charge on any atom is -0.481 e. The van der Waals surface area contributed by atoms with Gasteiger partial charge >= 0.3 is 5.97 Å². The average Bonchev–Trinajstić information content (AvgIpc) is 3.02. The summed E-state index contributed by atoms with van der Waals surface area (Å²) in [6.45, 7) is 1.33. The summed E-state index contributed by atoms with van der Waals surface area (Å²) < 4.78 is 5.90. The lowest BCUT2D eigenvalue weighted by Gasteiger charge is -2.13. The van der Waals surface area contributed by atoms with Crippen LogP contribution in [0.1, 0.15) is 25.0 Å². The van der Waals surface area contributed by atoms with Crippen LogP contribution in [0.2, 0.25) is 0 Å². The molecule has 1 aliphatic heterocycles. The Morgan fingerprint density at radius 3 is 2.95 bits per heavy atom. The summed E-state index contributed by atoms with van der Waals surface area (Å²) >= 11 is 3.20. The zero-order chi connectivity index (χ0) is 14.5. The van der Waals surface area contributed by atoms with Crippen LogP contribution in [0, 0.1) is 5.92 Å². The van der Waals surface area contributed by atoms with E-state index >= 15 is 0 Å². The monoisotopic (exact) mass is 341 g/mol. The second-order valence-electron chi connectivity index (χ2n) is 4.85. The molecule has 0 bridgehead atoms. The molecule has 5 nitrogen and oxygen atoms in total. The van der Waals surface area contributed by atoms with E-state index in [2.05, 4.69) is 15.9 Å². The lowest BCUT2D eigenvalue weighted by molar-refractivity contribution is -0.137. The Hall–Kier alpha value is -1.56. The number of aliphatic carboxylic acids is 1. The number of halogens is 1. The lowest BCUT2D eigenvalue weighted by Crippen LogP contribution is -2.26. The van der Waals surface area contributed by atoms with E-state index in [-0.39, 0.29) is 12.3 Å². The Labute approximate surface area is 125 Å². The molecule has 2 heterocycles. The first-order valence-corrected chi connectivity index (χ1v) is 7.28. The van der Waals surface area contributed by atoms with Gasteiger partial charge in [-0.15, -0.1) is 0 Å². The van der Waals surface area contributed by atoms with Gasteiger partial charge in [-0.2, -0.15) is 0 Å². The Balaban J connectivity index is 1.82. The van der Waals surface area contributed by atoms with Crippen molar-refractivity contribution < 1.29 is 19.1 Å². The van der Waals surface area contributed by atoms with E-state index < -0.39 is 5.97 Å². The van der Waals surface area contributed by atoms with Crippen LogP contribution in [0.3, 0.4) is 0 Å². The van der Waals surface area contributed by atoms with Crippen molar-refractivity contribution in [2.75, 3.05) is 13.1 Å². The van der Waals surface area contributed by atoms with Gasteiger partial charge in [0.2, 0.25) is 5.91 Å². The first-order chi connectivity index (χ1) is 9.54. The normalized spacial score (nSPS) is 18.9. The van der Waals surface area contributed by atoms with Crippen molar-refractivity contribution in [1.82, 2.24) is 4.90 Å². The molecule has 1 saturated heterocycles. The fourth-order valence-corrected chi connectivity index (χ4v) is 2.59. The minimum absolute atomic E-state index is 0.0599. The summed E-state index contributed by atoms with van der Waals surface area (Å²) in [6, 6.07) is 3.54. The van der Waals surface area contributed by atoms with Crippen LogP contribution >= 0.6 is 15.9 Å². The zero-order valence-electron chi connectivity index (χ0n) is 10.9. The minimum atomic E-state index is -0.780. The van der Waals surface area contributed by atoms with Gasteiger partial charge in [0.05, 0.1) is 0 Å². The number of rotatable bonds is 5. The molecule has 0 aromatic carbocycles. The lowest BCUT2D eigenvalue weighted by atomic mass is 10.0. The number of likely N-dealkylation sites (tertiary alicyclic amines) is 1. The Morgan fingerprint density at radius 1 is 1.50 bits per heavy atom. The van der Waals surface area contributed by atoms with Crippen LogP contribution in [0.5, 0.6) is 0 Å². The number of amides is 1. The van der Waals surface area contributed by atoms with Gasteiger partial charge in [-0.3, -0.25) is 9.59 Å². The SMILES string of the molecule is O=C(O)CCC1CCN(C(=O)/C=C/c2ccc(Br)o2)C1. The molecular formula is C14H16BrNO4. The third-order valence-corrected chi connectivity index (χ3v) is 3.77. The van der Waals surface area contributed by atoms with E-state index in [0.29, 0.717) is 35.9 Å². The summed E-state index contributed by atoms with van der Waals surface area (Å²) in [6.07, 6.45) is 4.80. The van der Waals surface area contributed by atoms with Gasteiger partial charge in [0.15, 0.2) is 4.67 Å². The van der Waals surface area contributed by atoms with Crippen LogP contribution in [0.4, 0.5) is 0 Å². The zero-order valence-corrected chi connectivity index (χ0v) is 12.5. The molecule has 1 amide bonds. The second-order valence-corrected chi connectivity index (χ2v) is 5.63. The van der Waals surface area contributed by atoms with E-state index in [1.54, 1.807) is 23.1 Å². The molecule has 1 aromatic rings. The van der Waals surface area contributed by atoms with Gasteiger partial charge in [-0.25, -0.2) is 0 Å². The first kappa shape index (κ1) is 14.8. The number of furan rings is 1. The van der Waals surface area contributed by atoms with Crippen molar-refractivity contribution in [3.05, 3.63) is 28.6 Å². The number of carboxylic acid groups (broad SMARTS) is 1. The molecule has 1 aliphatic rings. The van der Waals surface area contributed by atoms with Crippen molar-refractivity contribution >= 4 is 33.9 Å². The van der Waals surface area contributed by atoms with Crippen LogP contribution in [-0.2, 0) is 9.59 Å². The Morgan fingerprint density at radius 2 is 2.30 bits per heavy atom. The highest BCUT2D eigenvalue weighted by Gasteiger charge is 2.25. The van der Waals surface area contributed by atoms with Gasteiger partial charge in [0.25, 0.3) is 0 Å². The van der Waals surface area contributed by atoms with Gasteiger partial charge in [-0.05, 0) is 52.9 Å². The molecule has 2 rings (SSSR count). The summed E-state index contributed by atoms with van der Waals surface area (Å²) in [4.78, 5) is 24.3.